The van der Waals surface area contributed by atoms with Crippen molar-refractivity contribution in [2.24, 2.45) is 13.0 Å². The molecule has 3 aromatic rings. The van der Waals surface area contributed by atoms with Crippen molar-refractivity contribution < 1.29 is 14.3 Å². The van der Waals surface area contributed by atoms with Gasteiger partial charge in [-0.15, -0.1) is 0 Å². The second-order valence-corrected chi connectivity index (χ2v) is 15.0. The molecule has 1 aliphatic heterocycles. The predicted octanol–water partition coefficient (Wildman–Crippen LogP) is 5.82. The number of nitrogens with zero attached hydrogens (tertiary/aromatic N) is 6. The Labute approximate surface area is 279 Å². The number of hydrogen-bond acceptors (Lipinski definition) is 6. The standard InChI is InChI=1S/C34H42BrClN6O3/c1-34(2,3)45-33(44)42-14-13-40(20-29(42)32(43)41(19-22-5-6-22)12-11-27-18-37-21-39(27)4)31-28-10-9-26(36)16-23(28)7-8-24-15-25(35)17-38-30(24)31/h9-10,15-18,21-22,29,31H,5-8,11-14,19-20H2,1-4H3/t29-,31?/m1/s1. The van der Waals surface area contributed by atoms with Gasteiger partial charge in [0.05, 0.1) is 18.1 Å². The molecule has 6 rings (SSSR count). The van der Waals surface area contributed by atoms with Crippen molar-refractivity contribution in [2.45, 2.75) is 70.6 Å². The first-order valence-corrected chi connectivity index (χ1v) is 17.0. The lowest BCUT2D eigenvalue weighted by Gasteiger charge is -2.45. The number of ether oxygens (including phenoxy) is 1. The normalized spacial score (nSPS) is 20.3. The smallest absolute Gasteiger partial charge is 0.411 e. The number of carbonyl (C=O) groups excluding carboxylic acids is 2. The van der Waals surface area contributed by atoms with E-state index in [0.29, 0.717) is 50.1 Å². The molecule has 11 heteroatoms. The maximum Gasteiger partial charge on any atom is 0.411 e. The fourth-order valence-corrected chi connectivity index (χ4v) is 7.13. The zero-order valence-corrected chi connectivity index (χ0v) is 28.9. The number of aryl methyl sites for hydroxylation is 3. The van der Waals surface area contributed by atoms with Crippen LogP contribution in [0.5, 0.6) is 0 Å². The Morgan fingerprint density at radius 1 is 1.11 bits per heavy atom. The van der Waals surface area contributed by atoms with Gasteiger partial charge >= 0.3 is 6.09 Å². The number of rotatable bonds is 7. The third kappa shape index (κ3) is 7.39. The first-order valence-electron chi connectivity index (χ1n) is 15.9. The minimum atomic E-state index is -0.697. The summed E-state index contributed by atoms with van der Waals surface area (Å²) in [5.41, 5.74) is 4.89. The third-order valence-electron chi connectivity index (χ3n) is 9.02. The number of piperazine rings is 1. The lowest BCUT2D eigenvalue weighted by Crippen LogP contribution is -2.62. The number of hydrogen-bond donors (Lipinski definition) is 0. The first kappa shape index (κ1) is 32.0. The molecule has 0 spiro atoms. The summed E-state index contributed by atoms with van der Waals surface area (Å²) in [4.78, 5) is 43.5. The summed E-state index contributed by atoms with van der Waals surface area (Å²) >= 11 is 10.1. The van der Waals surface area contributed by atoms with Crippen LogP contribution in [0.25, 0.3) is 0 Å². The Morgan fingerprint density at radius 2 is 1.89 bits per heavy atom. The molecule has 240 valence electrons. The average Bonchev–Trinajstić information content (AvgIpc) is 3.74. The zero-order chi connectivity index (χ0) is 31.9. The minimum Gasteiger partial charge on any atom is -0.444 e. The van der Waals surface area contributed by atoms with Crippen LogP contribution in [-0.4, -0.2) is 85.6 Å². The number of benzene rings is 1. The van der Waals surface area contributed by atoms with Crippen LogP contribution in [0.2, 0.25) is 5.02 Å². The zero-order valence-electron chi connectivity index (χ0n) is 26.5. The van der Waals surface area contributed by atoms with Crippen molar-refractivity contribution in [1.29, 1.82) is 0 Å². The quantitative estimate of drug-likeness (QED) is 0.310. The van der Waals surface area contributed by atoms with Gasteiger partial charge in [-0.05, 0) is 103 Å². The molecule has 1 unspecified atom stereocenters. The summed E-state index contributed by atoms with van der Waals surface area (Å²) in [7, 11) is 1.97. The number of amides is 2. The molecule has 3 aliphatic rings. The van der Waals surface area contributed by atoms with Gasteiger partial charge in [-0.2, -0.15) is 0 Å². The molecule has 2 fully saturated rings. The van der Waals surface area contributed by atoms with Gasteiger partial charge in [0, 0.05) is 73.8 Å². The summed E-state index contributed by atoms with van der Waals surface area (Å²) in [6.07, 6.45) is 9.68. The molecular weight excluding hydrogens is 656 g/mol. The second kappa shape index (κ2) is 13.0. The van der Waals surface area contributed by atoms with Crippen molar-refractivity contribution in [2.75, 3.05) is 32.7 Å². The molecule has 0 bridgehead atoms. The largest absolute Gasteiger partial charge is 0.444 e. The van der Waals surface area contributed by atoms with Gasteiger partial charge < -0.3 is 14.2 Å². The Hall–Kier alpha value is -2.95. The van der Waals surface area contributed by atoms with Crippen molar-refractivity contribution >= 4 is 39.5 Å². The highest BCUT2D eigenvalue weighted by Gasteiger charge is 2.43. The number of fused-ring (bicyclic) bond motifs is 2. The van der Waals surface area contributed by atoms with Crippen LogP contribution < -0.4 is 0 Å². The first-order chi connectivity index (χ1) is 21.5. The molecule has 0 radical (unpaired) electrons. The maximum absolute atomic E-state index is 14.7. The van der Waals surface area contributed by atoms with Gasteiger partial charge in [-0.3, -0.25) is 19.6 Å². The number of halogens is 2. The molecule has 3 heterocycles. The molecule has 45 heavy (non-hydrogen) atoms. The fraction of sp³-hybridized carbons (Fsp3) is 0.529. The molecule has 1 saturated carbocycles. The van der Waals surface area contributed by atoms with Crippen molar-refractivity contribution in [3.05, 3.63) is 80.6 Å². The second-order valence-electron chi connectivity index (χ2n) is 13.6. The van der Waals surface area contributed by atoms with Crippen LogP contribution >= 0.6 is 27.5 Å². The molecule has 2 aromatic heterocycles. The molecule has 1 aromatic carbocycles. The van der Waals surface area contributed by atoms with Crippen LogP contribution in [0.3, 0.4) is 0 Å². The summed E-state index contributed by atoms with van der Waals surface area (Å²) in [5, 5.41) is 0.708. The van der Waals surface area contributed by atoms with Gasteiger partial charge in [-0.25, -0.2) is 9.78 Å². The van der Waals surface area contributed by atoms with Crippen molar-refractivity contribution in [3.63, 3.8) is 0 Å². The van der Waals surface area contributed by atoms with E-state index in [1.165, 1.54) is 11.1 Å². The number of carbonyl (C=O) groups is 2. The van der Waals surface area contributed by atoms with E-state index in [9.17, 15) is 9.59 Å². The fourth-order valence-electron chi connectivity index (χ4n) is 6.56. The van der Waals surface area contributed by atoms with E-state index in [1.54, 1.807) is 11.2 Å². The van der Waals surface area contributed by atoms with Crippen LogP contribution in [0.4, 0.5) is 4.79 Å². The van der Waals surface area contributed by atoms with E-state index >= 15 is 0 Å². The number of pyridine rings is 1. The van der Waals surface area contributed by atoms with Crippen LogP contribution in [0, 0.1) is 5.92 Å². The summed E-state index contributed by atoms with van der Waals surface area (Å²) in [6.45, 7) is 8.16. The van der Waals surface area contributed by atoms with Crippen molar-refractivity contribution in [3.8, 4) is 0 Å². The molecule has 0 N–H and O–H groups in total. The third-order valence-corrected chi connectivity index (χ3v) is 9.69. The van der Waals surface area contributed by atoms with Gasteiger partial charge in [-0.1, -0.05) is 17.7 Å². The lowest BCUT2D eigenvalue weighted by molar-refractivity contribution is -0.140. The van der Waals surface area contributed by atoms with E-state index in [0.717, 1.165) is 47.1 Å². The highest BCUT2D eigenvalue weighted by Crippen LogP contribution is 2.39. The molecule has 2 amide bonds. The molecular formula is C34H42BrClN6O3. The van der Waals surface area contributed by atoms with Crippen LogP contribution in [0.15, 0.2) is 47.5 Å². The van der Waals surface area contributed by atoms with E-state index < -0.39 is 17.7 Å². The minimum absolute atomic E-state index is 0.0337. The summed E-state index contributed by atoms with van der Waals surface area (Å²) < 4.78 is 8.79. The van der Waals surface area contributed by atoms with Gasteiger partial charge in [0.25, 0.3) is 0 Å². The van der Waals surface area contributed by atoms with E-state index in [4.69, 9.17) is 21.3 Å². The molecule has 1 saturated heterocycles. The molecule has 9 nitrogen and oxygen atoms in total. The van der Waals surface area contributed by atoms with Gasteiger partial charge in [0.1, 0.15) is 11.6 Å². The number of imidazole rings is 1. The summed E-state index contributed by atoms with van der Waals surface area (Å²) in [6, 6.07) is 7.37. The summed E-state index contributed by atoms with van der Waals surface area (Å²) in [5.74, 6) is 0.469. The average molecular weight is 698 g/mol. The lowest BCUT2D eigenvalue weighted by atomic mass is 9.95. The Balaban J connectivity index is 1.35. The van der Waals surface area contributed by atoms with Gasteiger partial charge in [0.15, 0.2) is 0 Å². The SMILES string of the molecule is Cn1cncc1CCN(CC1CC1)C(=O)[C@H]1CN(C2c3ccc(Cl)cc3CCc3cc(Br)cnc32)CCN1C(=O)OC(C)(C)C. The molecule has 2 aliphatic carbocycles. The van der Waals surface area contributed by atoms with E-state index in [1.807, 2.05) is 55.7 Å². The van der Waals surface area contributed by atoms with E-state index in [2.05, 4.69) is 44.0 Å². The highest BCUT2D eigenvalue weighted by molar-refractivity contribution is 9.10. The predicted molar refractivity (Wildman–Crippen MR) is 177 cm³/mol. The van der Waals surface area contributed by atoms with E-state index in [-0.39, 0.29) is 11.9 Å². The van der Waals surface area contributed by atoms with Crippen LogP contribution in [-0.2, 0) is 35.8 Å². The Kier molecular flexibility index (Phi) is 9.28. The molecule has 2 atom stereocenters. The topological polar surface area (TPSA) is 83.8 Å². The Bertz CT molecular complexity index is 1510. The van der Waals surface area contributed by atoms with Crippen molar-refractivity contribution in [1.82, 2.24) is 29.2 Å². The Morgan fingerprint density at radius 3 is 2.60 bits per heavy atom. The van der Waals surface area contributed by atoms with Gasteiger partial charge in [0.2, 0.25) is 5.91 Å². The number of aromatic nitrogens is 3. The van der Waals surface area contributed by atoms with Crippen LogP contribution in [0.1, 0.15) is 67.7 Å². The highest BCUT2D eigenvalue weighted by atomic mass is 79.9. The maximum atomic E-state index is 14.7. The monoisotopic (exact) mass is 696 g/mol.